The van der Waals surface area contributed by atoms with Crippen molar-refractivity contribution in [2.45, 2.75) is 17.5 Å². The van der Waals surface area contributed by atoms with Gasteiger partial charge in [-0.05, 0) is 34.8 Å². The van der Waals surface area contributed by atoms with E-state index in [1.165, 1.54) is 11.1 Å². The zero-order valence-corrected chi connectivity index (χ0v) is 15.9. The van der Waals surface area contributed by atoms with E-state index >= 15 is 0 Å². The Balaban J connectivity index is 1.54. The molecular formula is C25H21OP. The average molecular weight is 368 g/mol. The van der Waals surface area contributed by atoms with Crippen molar-refractivity contribution in [1.29, 1.82) is 0 Å². The van der Waals surface area contributed by atoms with Crippen LogP contribution in [-0.2, 0) is 4.57 Å². The topological polar surface area (TPSA) is 17.1 Å². The van der Waals surface area contributed by atoms with Gasteiger partial charge in [0.05, 0.1) is 0 Å². The van der Waals surface area contributed by atoms with Gasteiger partial charge in [-0.25, -0.2) is 0 Å². The third-order valence-electron chi connectivity index (χ3n) is 6.97. The predicted octanol–water partition coefficient (Wildman–Crippen LogP) is 5.07. The van der Waals surface area contributed by atoms with Gasteiger partial charge in [0, 0.05) is 16.3 Å². The molecule has 0 saturated heterocycles. The fourth-order valence-corrected chi connectivity index (χ4v) is 9.74. The van der Waals surface area contributed by atoms with Crippen molar-refractivity contribution in [3.8, 4) is 0 Å². The molecular weight excluding hydrogens is 347 g/mol. The van der Waals surface area contributed by atoms with E-state index in [0.29, 0.717) is 23.7 Å². The second kappa shape index (κ2) is 5.57. The molecule has 3 aromatic carbocycles. The number of fused-ring (bicyclic) bond motifs is 8. The van der Waals surface area contributed by atoms with Gasteiger partial charge in [0.2, 0.25) is 0 Å². The maximum Gasteiger partial charge on any atom is 0.147 e. The van der Waals surface area contributed by atoms with Crippen molar-refractivity contribution < 1.29 is 4.57 Å². The quantitative estimate of drug-likeness (QED) is 0.466. The lowest BCUT2D eigenvalue weighted by Crippen LogP contribution is -2.29. The Kier molecular flexibility index (Phi) is 3.23. The molecule has 27 heavy (non-hydrogen) atoms. The van der Waals surface area contributed by atoms with Crippen LogP contribution in [-0.4, -0.2) is 5.66 Å². The Morgan fingerprint density at radius 1 is 0.556 bits per heavy atom. The predicted molar refractivity (Wildman–Crippen MR) is 112 cm³/mol. The maximum absolute atomic E-state index is 14.9. The minimum Gasteiger partial charge on any atom is -0.313 e. The molecule has 2 bridgehead atoms. The van der Waals surface area contributed by atoms with Crippen LogP contribution in [0.2, 0.25) is 0 Å². The highest BCUT2D eigenvalue weighted by atomic mass is 31.2. The summed E-state index contributed by atoms with van der Waals surface area (Å²) in [6.07, 6.45) is 4.73. The second-order valence-electron chi connectivity index (χ2n) is 8.04. The molecule has 3 aromatic rings. The monoisotopic (exact) mass is 368 g/mol. The van der Waals surface area contributed by atoms with Crippen LogP contribution in [0.1, 0.15) is 23.0 Å². The molecule has 0 heterocycles. The van der Waals surface area contributed by atoms with Crippen molar-refractivity contribution in [3.05, 3.63) is 108 Å². The summed E-state index contributed by atoms with van der Waals surface area (Å²) in [6, 6.07) is 29.3. The van der Waals surface area contributed by atoms with Gasteiger partial charge in [-0.15, -0.1) is 0 Å². The fraction of sp³-hybridized carbons (Fsp3) is 0.200. The van der Waals surface area contributed by atoms with E-state index in [2.05, 4.69) is 60.7 Å². The van der Waals surface area contributed by atoms with Crippen molar-refractivity contribution >= 4 is 17.8 Å². The van der Waals surface area contributed by atoms with Crippen molar-refractivity contribution in [1.82, 2.24) is 0 Å². The van der Waals surface area contributed by atoms with Crippen LogP contribution >= 0.6 is 7.14 Å². The van der Waals surface area contributed by atoms with Crippen LogP contribution in [0.15, 0.2) is 97.1 Å². The molecule has 2 heteroatoms. The standard InChI is InChI=1S/C25H21OP/c26-27(17-9-3-1-4-10-17,18-11-5-2-6-12-18)25-21-15-16-22(25)24-20-14-8-7-13-19(20)23(21)24/h1-16,21-25H/t21-,22+,23?,24?,25?. The van der Waals surface area contributed by atoms with Gasteiger partial charge in [-0.1, -0.05) is 97.1 Å². The molecule has 1 nitrogen and oxygen atoms in total. The zero-order chi connectivity index (χ0) is 18.0. The Bertz CT molecular complexity index is 1000. The number of allylic oxidation sites excluding steroid dienone is 2. The Hall–Kier alpha value is -2.37. The number of hydrogen-bond donors (Lipinski definition) is 0. The molecule has 0 aliphatic heterocycles. The summed E-state index contributed by atoms with van der Waals surface area (Å²) in [5.41, 5.74) is 3.14. The summed E-state index contributed by atoms with van der Waals surface area (Å²) in [4.78, 5) is 0. The summed E-state index contributed by atoms with van der Waals surface area (Å²) in [7, 11) is -2.75. The first-order valence-electron chi connectivity index (χ1n) is 9.78. The largest absolute Gasteiger partial charge is 0.313 e. The maximum atomic E-state index is 14.9. The van der Waals surface area contributed by atoms with Crippen LogP contribution in [0.3, 0.4) is 0 Å². The highest BCUT2D eigenvalue weighted by molar-refractivity contribution is 7.79. The van der Waals surface area contributed by atoms with Gasteiger partial charge in [-0.2, -0.15) is 0 Å². The lowest BCUT2D eigenvalue weighted by atomic mass is 9.63. The van der Waals surface area contributed by atoms with E-state index < -0.39 is 7.14 Å². The first-order valence-corrected chi connectivity index (χ1v) is 11.6. The summed E-state index contributed by atoms with van der Waals surface area (Å²) in [5, 5.41) is 2.01. The zero-order valence-electron chi connectivity index (χ0n) is 15.0. The minimum atomic E-state index is -2.75. The third kappa shape index (κ3) is 1.93. The van der Waals surface area contributed by atoms with Crippen LogP contribution in [0, 0.1) is 11.8 Å². The molecule has 3 aliphatic carbocycles. The third-order valence-corrected chi connectivity index (χ3v) is 10.6. The lowest BCUT2D eigenvalue weighted by Gasteiger charge is -2.40. The highest BCUT2D eigenvalue weighted by Gasteiger charge is 2.63. The molecule has 0 radical (unpaired) electrons. The van der Waals surface area contributed by atoms with E-state index in [-0.39, 0.29) is 5.66 Å². The molecule has 1 saturated carbocycles. The van der Waals surface area contributed by atoms with E-state index in [4.69, 9.17) is 0 Å². The van der Waals surface area contributed by atoms with Gasteiger partial charge >= 0.3 is 0 Å². The summed E-state index contributed by atoms with van der Waals surface area (Å²) in [5.74, 6) is 1.84. The highest BCUT2D eigenvalue weighted by Crippen LogP contribution is 2.73. The summed E-state index contributed by atoms with van der Waals surface area (Å²) < 4.78 is 14.9. The normalized spacial score (nSPS) is 29.9. The number of hydrogen-bond acceptors (Lipinski definition) is 1. The van der Waals surface area contributed by atoms with Gasteiger partial charge in [-0.3, -0.25) is 0 Å². The van der Waals surface area contributed by atoms with Crippen molar-refractivity contribution in [2.75, 3.05) is 0 Å². The van der Waals surface area contributed by atoms with Crippen molar-refractivity contribution in [3.63, 3.8) is 0 Å². The molecule has 3 unspecified atom stereocenters. The number of benzene rings is 3. The van der Waals surface area contributed by atoms with Gasteiger partial charge in [0.1, 0.15) is 7.14 Å². The lowest BCUT2D eigenvalue weighted by molar-refractivity contribution is 0.444. The molecule has 3 aliphatic rings. The average Bonchev–Trinajstić information content (AvgIpc) is 3.26. The summed E-state index contributed by atoms with van der Waals surface area (Å²) >= 11 is 0. The van der Waals surface area contributed by atoms with Gasteiger partial charge < -0.3 is 4.57 Å². The van der Waals surface area contributed by atoms with Crippen LogP contribution in [0.5, 0.6) is 0 Å². The van der Waals surface area contributed by atoms with E-state index in [0.717, 1.165) is 10.6 Å². The van der Waals surface area contributed by atoms with E-state index in [9.17, 15) is 4.57 Å². The molecule has 5 atom stereocenters. The van der Waals surface area contributed by atoms with Crippen LogP contribution in [0.25, 0.3) is 0 Å². The smallest absolute Gasteiger partial charge is 0.147 e. The molecule has 1 fully saturated rings. The molecule has 0 spiro atoms. The first-order chi connectivity index (χ1) is 13.3. The Labute approximate surface area is 160 Å². The fourth-order valence-electron chi connectivity index (χ4n) is 5.98. The van der Waals surface area contributed by atoms with E-state index in [1.807, 2.05) is 36.4 Å². The molecule has 0 N–H and O–H groups in total. The van der Waals surface area contributed by atoms with Crippen LogP contribution < -0.4 is 10.6 Å². The van der Waals surface area contributed by atoms with Gasteiger partial charge in [0.15, 0.2) is 0 Å². The molecule has 6 rings (SSSR count). The Morgan fingerprint density at radius 2 is 0.963 bits per heavy atom. The second-order valence-corrected chi connectivity index (χ2v) is 11.0. The molecule has 132 valence electrons. The van der Waals surface area contributed by atoms with Gasteiger partial charge in [0.25, 0.3) is 0 Å². The minimum absolute atomic E-state index is 0.171. The summed E-state index contributed by atoms with van der Waals surface area (Å²) in [6.45, 7) is 0. The van der Waals surface area contributed by atoms with Crippen molar-refractivity contribution in [2.24, 2.45) is 11.8 Å². The first kappa shape index (κ1) is 15.7. The molecule has 0 amide bonds. The number of rotatable bonds is 3. The SMILES string of the molecule is O=P(c1ccccc1)(c1ccccc1)C1[C@@H]2C=C[C@H]1C1c3ccccc3C12. The van der Waals surface area contributed by atoms with Crippen LogP contribution in [0.4, 0.5) is 0 Å². The molecule has 0 aromatic heterocycles. The van der Waals surface area contributed by atoms with E-state index in [1.54, 1.807) is 0 Å². The Morgan fingerprint density at radius 3 is 1.41 bits per heavy atom.